The van der Waals surface area contributed by atoms with Crippen LogP contribution in [0.25, 0.3) is 11.0 Å². The predicted molar refractivity (Wildman–Crippen MR) is 120 cm³/mol. The maximum Gasteiger partial charge on any atom is 0.206 e. The summed E-state index contributed by atoms with van der Waals surface area (Å²) in [4.78, 5) is 17.5. The number of aromatic nitrogens is 2. The third-order valence-corrected chi connectivity index (χ3v) is 5.61. The van der Waals surface area contributed by atoms with Gasteiger partial charge in [0.25, 0.3) is 0 Å². The minimum Gasteiger partial charge on any atom is -0.310 e. The lowest BCUT2D eigenvalue weighted by Crippen LogP contribution is -2.29. The van der Waals surface area contributed by atoms with Gasteiger partial charge in [-0.1, -0.05) is 70.5 Å². The van der Waals surface area contributed by atoms with Gasteiger partial charge in [-0.15, -0.1) is 0 Å². The predicted octanol–water partition coefficient (Wildman–Crippen LogP) is 4.86. The number of fused-ring (bicyclic) bond motifs is 1. The second-order valence-electron chi connectivity index (χ2n) is 6.92. The standard InChI is InChI=1S/C24H22BrN3O/c1-26-24-27(16-15-18-7-3-2-4-8-18)21-9-5-6-10-22(21)28(24)17-23(29)19-11-13-20(25)14-12-19/h2-14H,15-17H2,1H3/b26-24-. The zero-order valence-corrected chi connectivity index (χ0v) is 17.8. The van der Waals surface area contributed by atoms with Crippen LogP contribution >= 0.6 is 15.9 Å². The second-order valence-corrected chi connectivity index (χ2v) is 7.83. The van der Waals surface area contributed by atoms with Crippen molar-refractivity contribution >= 4 is 32.7 Å². The number of hydrogen-bond donors (Lipinski definition) is 0. The summed E-state index contributed by atoms with van der Waals surface area (Å²) in [5, 5.41) is 0. The Kier molecular flexibility index (Phi) is 5.76. The summed E-state index contributed by atoms with van der Waals surface area (Å²) in [6, 6.07) is 26.1. The van der Waals surface area contributed by atoms with Crippen molar-refractivity contribution in [3.63, 3.8) is 0 Å². The minimum absolute atomic E-state index is 0.0679. The Balaban J connectivity index is 1.72. The van der Waals surface area contributed by atoms with E-state index in [1.54, 1.807) is 7.05 Å². The molecule has 5 heteroatoms. The molecular weight excluding hydrogens is 426 g/mol. The first-order chi connectivity index (χ1) is 14.2. The number of imidazole rings is 1. The summed E-state index contributed by atoms with van der Waals surface area (Å²) >= 11 is 3.42. The van der Waals surface area contributed by atoms with E-state index in [1.165, 1.54) is 5.56 Å². The number of para-hydroxylation sites is 2. The monoisotopic (exact) mass is 447 g/mol. The molecular formula is C24H22BrN3O. The molecule has 1 aromatic heterocycles. The van der Waals surface area contributed by atoms with Gasteiger partial charge in [0.05, 0.1) is 17.6 Å². The maximum atomic E-state index is 12.9. The van der Waals surface area contributed by atoms with Gasteiger partial charge < -0.3 is 9.13 Å². The molecule has 0 unspecified atom stereocenters. The average molecular weight is 448 g/mol. The molecule has 0 N–H and O–H groups in total. The van der Waals surface area contributed by atoms with Crippen LogP contribution in [-0.4, -0.2) is 22.0 Å². The van der Waals surface area contributed by atoms with Crippen LogP contribution in [0.5, 0.6) is 0 Å². The van der Waals surface area contributed by atoms with Crippen molar-refractivity contribution < 1.29 is 4.79 Å². The Hall–Kier alpha value is -2.92. The molecule has 4 rings (SSSR count). The van der Waals surface area contributed by atoms with E-state index in [2.05, 4.69) is 61.9 Å². The van der Waals surface area contributed by atoms with E-state index in [4.69, 9.17) is 0 Å². The van der Waals surface area contributed by atoms with Gasteiger partial charge in [0.15, 0.2) is 5.78 Å². The summed E-state index contributed by atoms with van der Waals surface area (Å²) in [6.07, 6.45) is 0.905. The van der Waals surface area contributed by atoms with Gasteiger partial charge in [0.2, 0.25) is 5.62 Å². The molecule has 4 nitrogen and oxygen atoms in total. The number of rotatable bonds is 6. The van der Waals surface area contributed by atoms with Crippen LogP contribution in [0.2, 0.25) is 0 Å². The number of halogens is 1. The number of aryl methyl sites for hydroxylation is 2. The molecule has 4 aromatic rings. The first-order valence-electron chi connectivity index (χ1n) is 9.61. The molecule has 0 amide bonds. The summed E-state index contributed by atoms with van der Waals surface area (Å²) in [7, 11) is 1.79. The highest BCUT2D eigenvalue weighted by Crippen LogP contribution is 2.16. The normalized spacial score (nSPS) is 11.9. The molecule has 0 atom stereocenters. The molecule has 3 aromatic carbocycles. The Morgan fingerprint density at radius 2 is 1.48 bits per heavy atom. The van der Waals surface area contributed by atoms with Crippen LogP contribution in [0.15, 0.2) is 88.3 Å². The minimum atomic E-state index is 0.0679. The number of carbonyl (C=O) groups excluding carboxylic acids is 1. The Morgan fingerprint density at radius 3 is 2.14 bits per heavy atom. The molecule has 0 aliphatic heterocycles. The van der Waals surface area contributed by atoms with E-state index in [1.807, 2.05) is 47.0 Å². The van der Waals surface area contributed by atoms with Gasteiger partial charge in [0.1, 0.15) is 0 Å². The van der Waals surface area contributed by atoms with Crippen molar-refractivity contribution in [3.05, 3.63) is 100 Å². The van der Waals surface area contributed by atoms with E-state index in [9.17, 15) is 4.79 Å². The van der Waals surface area contributed by atoms with E-state index < -0.39 is 0 Å². The number of benzene rings is 3. The van der Waals surface area contributed by atoms with Crippen LogP contribution in [-0.2, 0) is 19.5 Å². The highest BCUT2D eigenvalue weighted by atomic mass is 79.9. The molecule has 0 radical (unpaired) electrons. The Morgan fingerprint density at radius 1 is 0.862 bits per heavy atom. The zero-order chi connectivity index (χ0) is 20.2. The first kappa shape index (κ1) is 19.4. The van der Waals surface area contributed by atoms with Crippen LogP contribution < -0.4 is 5.62 Å². The molecule has 0 saturated carbocycles. The fraction of sp³-hybridized carbons (Fsp3) is 0.167. The Labute approximate surface area is 178 Å². The van der Waals surface area contributed by atoms with Crippen molar-refractivity contribution in [2.45, 2.75) is 19.5 Å². The fourth-order valence-electron chi connectivity index (χ4n) is 3.66. The summed E-state index contributed by atoms with van der Waals surface area (Å²) in [5.41, 5.74) is 4.90. The van der Waals surface area contributed by atoms with Gasteiger partial charge >= 0.3 is 0 Å². The van der Waals surface area contributed by atoms with Crippen LogP contribution in [0.3, 0.4) is 0 Å². The van der Waals surface area contributed by atoms with E-state index in [0.717, 1.165) is 34.1 Å². The first-order valence-corrected chi connectivity index (χ1v) is 10.4. The fourth-order valence-corrected chi connectivity index (χ4v) is 3.92. The van der Waals surface area contributed by atoms with Crippen molar-refractivity contribution in [2.24, 2.45) is 4.99 Å². The molecule has 0 bridgehead atoms. The summed E-state index contributed by atoms with van der Waals surface area (Å²) < 4.78 is 5.19. The van der Waals surface area contributed by atoms with Gasteiger partial charge in [-0.25, -0.2) is 0 Å². The van der Waals surface area contributed by atoms with Crippen LogP contribution in [0.1, 0.15) is 15.9 Å². The molecule has 0 spiro atoms. The van der Waals surface area contributed by atoms with Crippen molar-refractivity contribution in [2.75, 3.05) is 7.05 Å². The third-order valence-electron chi connectivity index (χ3n) is 5.08. The summed E-state index contributed by atoms with van der Waals surface area (Å²) in [5.74, 6) is 0.0679. The Bertz CT molecular complexity index is 1200. The molecule has 29 heavy (non-hydrogen) atoms. The van der Waals surface area contributed by atoms with Gasteiger partial charge in [0, 0.05) is 23.6 Å². The van der Waals surface area contributed by atoms with Crippen molar-refractivity contribution in [1.82, 2.24) is 9.13 Å². The summed E-state index contributed by atoms with van der Waals surface area (Å²) in [6.45, 7) is 1.06. The lowest BCUT2D eigenvalue weighted by atomic mass is 10.1. The zero-order valence-electron chi connectivity index (χ0n) is 16.3. The second kappa shape index (κ2) is 8.62. The highest BCUT2D eigenvalue weighted by Gasteiger charge is 2.15. The van der Waals surface area contributed by atoms with Crippen LogP contribution in [0, 0.1) is 0 Å². The van der Waals surface area contributed by atoms with Crippen molar-refractivity contribution in [3.8, 4) is 0 Å². The lowest BCUT2D eigenvalue weighted by Gasteiger charge is -2.07. The smallest absolute Gasteiger partial charge is 0.206 e. The van der Waals surface area contributed by atoms with Crippen LogP contribution in [0.4, 0.5) is 0 Å². The topological polar surface area (TPSA) is 39.3 Å². The van der Waals surface area contributed by atoms with Gasteiger partial charge in [-0.2, -0.15) is 0 Å². The van der Waals surface area contributed by atoms with Gasteiger partial charge in [-0.05, 0) is 36.2 Å². The quantitative estimate of drug-likeness (QED) is 0.389. The number of hydrogen-bond acceptors (Lipinski definition) is 2. The average Bonchev–Trinajstić information content (AvgIpc) is 3.06. The van der Waals surface area contributed by atoms with E-state index in [-0.39, 0.29) is 12.3 Å². The molecule has 0 aliphatic carbocycles. The lowest BCUT2D eigenvalue weighted by molar-refractivity contribution is 0.0971. The SMILES string of the molecule is C/N=c1/n(CCc2ccccc2)c2ccccc2n1CC(=O)c1ccc(Br)cc1. The molecule has 0 saturated heterocycles. The van der Waals surface area contributed by atoms with Gasteiger partial charge in [-0.3, -0.25) is 9.79 Å². The molecule has 0 aliphatic rings. The number of carbonyl (C=O) groups is 1. The molecule has 146 valence electrons. The highest BCUT2D eigenvalue weighted by molar-refractivity contribution is 9.10. The molecule has 0 fully saturated rings. The maximum absolute atomic E-state index is 12.9. The van der Waals surface area contributed by atoms with E-state index in [0.29, 0.717) is 5.56 Å². The largest absolute Gasteiger partial charge is 0.310 e. The van der Waals surface area contributed by atoms with Crippen molar-refractivity contribution in [1.29, 1.82) is 0 Å². The number of nitrogens with zero attached hydrogens (tertiary/aromatic N) is 3. The third kappa shape index (κ3) is 4.10. The number of Topliss-reactive ketones (excluding diaryl/α,β-unsaturated/α-hetero) is 1. The molecule has 1 heterocycles. The number of ketones is 1. The van der Waals surface area contributed by atoms with E-state index >= 15 is 0 Å².